The van der Waals surface area contributed by atoms with Crippen LogP contribution >= 0.6 is 11.3 Å². The Morgan fingerprint density at radius 3 is 1.63 bits per heavy atom. The molecule has 6 aromatic carbocycles. The van der Waals surface area contributed by atoms with Gasteiger partial charge in [-0.15, -0.1) is 11.3 Å². The Bertz CT molecular complexity index is 3110. The van der Waals surface area contributed by atoms with E-state index in [1.165, 1.54) is 116 Å². The molecule has 0 saturated heterocycles. The maximum atomic E-state index is 2.71. The van der Waals surface area contributed by atoms with E-state index in [1.54, 1.807) is 0 Å². The van der Waals surface area contributed by atoms with Crippen LogP contribution in [-0.4, -0.2) is 6.71 Å². The van der Waals surface area contributed by atoms with Gasteiger partial charge in [0.05, 0.1) is 11.4 Å². The molecule has 0 saturated carbocycles. The third kappa shape index (κ3) is 7.42. The molecule has 0 spiro atoms. The predicted octanol–water partition coefficient (Wildman–Crippen LogP) is 16.5. The smallest absolute Gasteiger partial charge is 0.264 e. The minimum absolute atomic E-state index is 0.00355. The number of anilines is 6. The molecule has 7 aromatic rings. The van der Waals surface area contributed by atoms with Gasteiger partial charge in [0.25, 0.3) is 6.71 Å². The van der Waals surface area contributed by atoms with Crippen molar-refractivity contribution in [2.24, 2.45) is 0 Å². The van der Waals surface area contributed by atoms with Crippen LogP contribution in [0, 0.1) is 6.92 Å². The summed E-state index contributed by atoms with van der Waals surface area (Å²) in [6.07, 6.45) is 2.33. The minimum atomic E-state index is -0.0236. The van der Waals surface area contributed by atoms with Gasteiger partial charge in [-0.25, -0.2) is 0 Å². The van der Waals surface area contributed by atoms with Crippen LogP contribution in [0.1, 0.15) is 163 Å². The van der Waals surface area contributed by atoms with E-state index in [0.29, 0.717) is 0 Å². The minimum Gasteiger partial charge on any atom is -0.311 e. The lowest BCUT2D eigenvalue weighted by Crippen LogP contribution is -2.61. The average Bonchev–Trinajstić information content (AvgIpc) is 3.62. The fraction of sp³-hybridized carbons (Fsp3) is 0.397. The first kappa shape index (κ1) is 45.7. The summed E-state index contributed by atoms with van der Waals surface area (Å²) in [4.78, 5) is 5.41. The molecule has 1 aliphatic carbocycles. The molecule has 344 valence electrons. The van der Waals surface area contributed by atoms with Crippen LogP contribution in [0.2, 0.25) is 0 Å². The quantitative estimate of drug-likeness (QED) is 0.163. The average molecular weight is 901 g/mol. The molecule has 3 heterocycles. The topological polar surface area (TPSA) is 6.48 Å². The summed E-state index contributed by atoms with van der Waals surface area (Å²) in [7, 11) is 0. The number of thiophene rings is 1. The molecule has 0 amide bonds. The van der Waals surface area contributed by atoms with E-state index in [-0.39, 0.29) is 39.2 Å². The normalized spacial score (nSPS) is 16.5. The Balaban J connectivity index is 1.35. The van der Waals surface area contributed by atoms with Crippen molar-refractivity contribution in [3.05, 3.63) is 148 Å². The highest BCUT2D eigenvalue weighted by Crippen LogP contribution is 2.55. The zero-order chi connectivity index (χ0) is 48.1. The van der Waals surface area contributed by atoms with E-state index in [2.05, 4.69) is 237 Å². The summed E-state index contributed by atoms with van der Waals surface area (Å²) >= 11 is 2.02. The van der Waals surface area contributed by atoms with Gasteiger partial charge < -0.3 is 9.80 Å². The molecular formula is C63H73BN2S. The van der Waals surface area contributed by atoms with Crippen molar-refractivity contribution < 1.29 is 0 Å². The molecule has 67 heavy (non-hydrogen) atoms. The number of aryl methyl sites for hydroxylation is 1. The molecule has 0 bridgehead atoms. The number of nitrogens with zero attached hydrogens (tertiary/aromatic N) is 2. The Morgan fingerprint density at radius 2 is 1.03 bits per heavy atom. The fourth-order valence-corrected chi connectivity index (χ4v) is 12.8. The summed E-state index contributed by atoms with van der Waals surface area (Å²) in [6.45, 7) is 40.3. The van der Waals surface area contributed by atoms with E-state index in [1.807, 2.05) is 11.3 Å². The molecule has 0 atom stereocenters. The van der Waals surface area contributed by atoms with E-state index < -0.39 is 0 Å². The lowest BCUT2D eigenvalue weighted by Gasteiger charge is -2.49. The van der Waals surface area contributed by atoms with Crippen molar-refractivity contribution in [2.75, 3.05) is 9.80 Å². The highest BCUT2D eigenvalue weighted by atomic mass is 32.1. The van der Waals surface area contributed by atoms with Crippen molar-refractivity contribution in [3.8, 4) is 11.1 Å². The Morgan fingerprint density at radius 1 is 0.507 bits per heavy atom. The number of benzene rings is 6. The summed E-state index contributed by atoms with van der Waals surface area (Å²) in [5, 5.41) is 1.34. The molecule has 0 fully saturated rings. The van der Waals surface area contributed by atoms with Crippen molar-refractivity contribution in [1.82, 2.24) is 0 Å². The van der Waals surface area contributed by atoms with Crippen LogP contribution in [0.25, 0.3) is 21.2 Å². The van der Waals surface area contributed by atoms with Crippen LogP contribution in [0.4, 0.5) is 34.1 Å². The van der Waals surface area contributed by atoms with E-state index in [4.69, 9.17) is 0 Å². The summed E-state index contributed by atoms with van der Waals surface area (Å²) in [5.74, 6) is 0. The van der Waals surface area contributed by atoms with Crippen molar-refractivity contribution in [1.29, 1.82) is 0 Å². The number of fused-ring (bicyclic) bond motifs is 8. The summed E-state index contributed by atoms with van der Waals surface area (Å²) in [6, 6.07) is 43.8. The van der Waals surface area contributed by atoms with Crippen molar-refractivity contribution in [3.63, 3.8) is 0 Å². The van der Waals surface area contributed by atoms with Gasteiger partial charge in [0.2, 0.25) is 0 Å². The van der Waals surface area contributed by atoms with Gasteiger partial charge in [-0.1, -0.05) is 171 Å². The third-order valence-electron chi connectivity index (χ3n) is 15.8. The number of hydrogen-bond acceptors (Lipinski definition) is 3. The highest BCUT2D eigenvalue weighted by molar-refractivity contribution is 7.33. The first-order valence-corrected chi connectivity index (χ1v) is 25.8. The fourth-order valence-electron chi connectivity index (χ4n) is 11.5. The Labute approximate surface area is 407 Å². The predicted molar refractivity (Wildman–Crippen MR) is 296 cm³/mol. The lowest BCUT2D eigenvalue weighted by molar-refractivity contribution is 0.333. The Hall–Kier alpha value is -5.06. The highest BCUT2D eigenvalue weighted by Gasteiger charge is 2.49. The van der Waals surface area contributed by atoms with E-state index >= 15 is 0 Å². The van der Waals surface area contributed by atoms with Gasteiger partial charge in [0.15, 0.2) is 0 Å². The molecular weight excluding hydrogens is 828 g/mol. The summed E-state index contributed by atoms with van der Waals surface area (Å²) < 4.78 is 2.78. The number of hydrogen-bond donors (Lipinski definition) is 0. The zero-order valence-electron chi connectivity index (χ0n) is 43.7. The maximum absolute atomic E-state index is 2.71. The standard InChI is InChI=1S/C63H73BN2S/c1-38-34-50-54-51(35-38)66(49-30-24-42(60(8,9)10)36-45(49)39-18-20-40(21-19-39)58(2,3)4)55-46-37-43(61(11,12)13)25-31-52(46)67-57(55)64(54)48-29-28-47-53(63(16,17)33-32-62(47,14)15)56(48)65(50)44-26-22-41(23-27-44)59(5,6)7/h18-31,34-37H,32-33H2,1-17H3. The van der Waals surface area contributed by atoms with Crippen LogP contribution in [0.5, 0.6) is 0 Å². The SMILES string of the molecule is Cc1cc2c3c(c1)N(c1ccc(C(C)(C)C)cc1-c1ccc(C(C)(C)C)cc1)c1c(sc4ccc(C(C)(C)C)cc14)B3c1ccc3c(c1N2c1ccc(C(C)(C)C)cc1)C(C)(C)CCC3(C)C. The molecule has 1 aromatic heterocycles. The molecule has 10 rings (SSSR count). The van der Waals surface area contributed by atoms with Gasteiger partial charge in [-0.05, 0) is 156 Å². The second-order valence-corrected chi connectivity index (χ2v) is 27.0. The monoisotopic (exact) mass is 901 g/mol. The van der Waals surface area contributed by atoms with Crippen LogP contribution in [0.15, 0.2) is 109 Å². The zero-order valence-corrected chi connectivity index (χ0v) is 44.5. The first-order chi connectivity index (χ1) is 31.1. The molecule has 0 N–H and O–H groups in total. The van der Waals surface area contributed by atoms with E-state index in [9.17, 15) is 0 Å². The van der Waals surface area contributed by atoms with Gasteiger partial charge in [0, 0.05) is 43.2 Å². The second kappa shape index (κ2) is 15.0. The lowest BCUT2D eigenvalue weighted by atomic mass is 9.35. The first-order valence-electron chi connectivity index (χ1n) is 25.0. The van der Waals surface area contributed by atoms with Crippen LogP contribution in [-0.2, 0) is 32.5 Å². The summed E-state index contributed by atoms with van der Waals surface area (Å²) in [5.41, 5.74) is 22.9. The molecule has 2 nitrogen and oxygen atoms in total. The Kier molecular flexibility index (Phi) is 10.2. The van der Waals surface area contributed by atoms with E-state index in [0.717, 1.165) is 6.42 Å². The molecule has 3 aliphatic rings. The van der Waals surface area contributed by atoms with Gasteiger partial charge in [0.1, 0.15) is 0 Å². The third-order valence-corrected chi connectivity index (χ3v) is 17.0. The number of rotatable bonds is 3. The van der Waals surface area contributed by atoms with Gasteiger partial charge >= 0.3 is 0 Å². The molecule has 0 radical (unpaired) electrons. The van der Waals surface area contributed by atoms with Gasteiger partial charge in [-0.2, -0.15) is 0 Å². The second-order valence-electron chi connectivity index (χ2n) is 25.9. The molecule has 4 heteroatoms. The molecule has 2 aliphatic heterocycles. The maximum Gasteiger partial charge on any atom is 0.264 e. The largest absolute Gasteiger partial charge is 0.311 e. The van der Waals surface area contributed by atoms with Gasteiger partial charge in [-0.3, -0.25) is 0 Å². The van der Waals surface area contributed by atoms with Crippen molar-refractivity contribution >= 4 is 78.0 Å². The van der Waals surface area contributed by atoms with Crippen LogP contribution < -0.4 is 25.5 Å². The molecule has 0 unspecified atom stereocenters. The van der Waals surface area contributed by atoms with Crippen LogP contribution in [0.3, 0.4) is 0 Å². The van der Waals surface area contributed by atoms with Crippen molar-refractivity contribution in [2.45, 2.75) is 163 Å².